The zero-order valence-corrected chi connectivity index (χ0v) is 8.27. The number of ether oxygens (including phenoxy) is 1. The van der Waals surface area contributed by atoms with Crippen LogP contribution in [0.1, 0.15) is 18.5 Å². The first kappa shape index (κ1) is 10.8. The van der Waals surface area contributed by atoms with Crippen LogP contribution in [0.5, 0.6) is 11.5 Å². The number of methoxy groups -OCH3 is 1. The zero-order valence-electron chi connectivity index (χ0n) is 8.27. The van der Waals surface area contributed by atoms with E-state index < -0.39 is 12.1 Å². The maximum absolute atomic E-state index is 9.46. The fraction of sp³-hybridized carbons (Fsp3) is 0.400. The molecule has 4 N–H and O–H groups in total. The Bertz CT molecular complexity index is 312. The lowest BCUT2D eigenvalue weighted by Gasteiger charge is -2.15. The van der Waals surface area contributed by atoms with E-state index in [4.69, 9.17) is 10.5 Å². The van der Waals surface area contributed by atoms with Crippen molar-refractivity contribution in [2.24, 2.45) is 5.73 Å². The van der Waals surface area contributed by atoms with Gasteiger partial charge in [-0.15, -0.1) is 0 Å². The Kier molecular flexibility index (Phi) is 3.33. The molecule has 0 heterocycles. The molecule has 0 aliphatic heterocycles. The van der Waals surface area contributed by atoms with E-state index in [0.29, 0.717) is 11.3 Å². The lowest BCUT2D eigenvalue weighted by atomic mass is 10.0. The van der Waals surface area contributed by atoms with Gasteiger partial charge in [0, 0.05) is 0 Å². The summed E-state index contributed by atoms with van der Waals surface area (Å²) >= 11 is 0. The summed E-state index contributed by atoms with van der Waals surface area (Å²) in [7, 11) is 1.48. The highest BCUT2D eigenvalue weighted by Crippen LogP contribution is 2.28. The van der Waals surface area contributed by atoms with Crippen molar-refractivity contribution in [3.8, 4) is 11.5 Å². The number of hydrogen-bond donors (Lipinski definition) is 3. The summed E-state index contributed by atoms with van der Waals surface area (Å²) in [5.41, 5.74) is 6.38. The van der Waals surface area contributed by atoms with Crippen LogP contribution in [0, 0.1) is 0 Å². The number of aromatic hydroxyl groups is 1. The first-order chi connectivity index (χ1) is 6.56. The average molecular weight is 197 g/mol. The quantitative estimate of drug-likeness (QED) is 0.669. The van der Waals surface area contributed by atoms with Crippen molar-refractivity contribution < 1.29 is 14.9 Å². The molecule has 4 heteroatoms. The molecule has 2 atom stereocenters. The second-order valence-electron chi connectivity index (χ2n) is 3.20. The summed E-state index contributed by atoms with van der Waals surface area (Å²) in [6, 6.07) is 4.34. The van der Waals surface area contributed by atoms with Crippen LogP contribution in [0.2, 0.25) is 0 Å². The van der Waals surface area contributed by atoms with Crippen molar-refractivity contribution in [3.63, 3.8) is 0 Å². The van der Waals surface area contributed by atoms with E-state index in [1.807, 2.05) is 0 Å². The Morgan fingerprint density at radius 2 is 2.07 bits per heavy atom. The second-order valence-corrected chi connectivity index (χ2v) is 3.20. The van der Waals surface area contributed by atoms with Crippen LogP contribution < -0.4 is 10.5 Å². The largest absolute Gasteiger partial charge is 0.504 e. The van der Waals surface area contributed by atoms with Gasteiger partial charge >= 0.3 is 0 Å². The average Bonchev–Trinajstić information content (AvgIpc) is 2.16. The van der Waals surface area contributed by atoms with E-state index in [1.54, 1.807) is 19.1 Å². The molecule has 1 unspecified atom stereocenters. The molecule has 4 nitrogen and oxygen atoms in total. The van der Waals surface area contributed by atoms with Gasteiger partial charge < -0.3 is 20.7 Å². The summed E-state index contributed by atoms with van der Waals surface area (Å²) in [6.45, 7) is 1.60. The van der Waals surface area contributed by atoms with Crippen molar-refractivity contribution in [3.05, 3.63) is 23.8 Å². The van der Waals surface area contributed by atoms with Crippen LogP contribution in [-0.2, 0) is 0 Å². The maximum Gasteiger partial charge on any atom is 0.160 e. The van der Waals surface area contributed by atoms with Gasteiger partial charge in [0.05, 0.1) is 19.3 Å². The maximum atomic E-state index is 9.46. The number of phenols is 1. The number of benzene rings is 1. The van der Waals surface area contributed by atoms with E-state index >= 15 is 0 Å². The van der Waals surface area contributed by atoms with Gasteiger partial charge in [0.2, 0.25) is 0 Å². The molecule has 78 valence electrons. The first-order valence-corrected chi connectivity index (χ1v) is 4.36. The molecule has 0 bridgehead atoms. The molecule has 1 aromatic rings. The Hall–Kier alpha value is -1.26. The van der Waals surface area contributed by atoms with Crippen molar-refractivity contribution in [1.82, 2.24) is 0 Å². The number of rotatable bonds is 3. The van der Waals surface area contributed by atoms with Gasteiger partial charge in [0.15, 0.2) is 11.5 Å². The second kappa shape index (κ2) is 4.30. The number of aliphatic hydroxyl groups is 1. The number of phenolic OH excluding ortho intramolecular Hbond substituents is 1. The molecule has 0 saturated carbocycles. The smallest absolute Gasteiger partial charge is 0.160 e. The minimum atomic E-state index is -0.650. The zero-order chi connectivity index (χ0) is 10.7. The highest BCUT2D eigenvalue weighted by atomic mass is 16.5. The third-order valence-corrected chi connectivity index (χ3v) is 2.11. The Labute approximate surface area is 82.9 Å². The van der Waals surface area contributed by atoms with E-state index in [-0.39, 0.29) is 5.75 Å². The Balaban J connectivity index is 2.96. The monoisotopic (exact) mass is 197 g/mol. The normalized spacial score (nSPS) is 14.9. The number of nitrogens with two attached hydrogens (primary N) is 1. The van der Waals surface area contributed by atoms with E-state index in [0.717, 1.165) is 0 Å². The van der Waals surface area contributed by atoms with Crippen LogP contribution in [0.3, 0.4) is 0 Å². The summed E-state index contributed by atoms with van der Waals surface area (Å²) in [5.74, 6) is 0.424. The summed E-state index contributed by atoms with van der Waals surface area (Å²) in [4.78, 5) is 0. The van der Waals surface area contributed by atoms with Crippen LogP contribution in [0.25, 0.3) is 0 Å². The first-order valence-electron chi connectivity index (χ1n) is 4.36. The van der Waals surface area contributed by atoms with Gasteiger partial charge in [-0.2, -0.15) is 0 Å². The molecule has 0 aliphatic rings. The standard InChI is InChI=1S/C10H15NO3/c1-6(12)10(11)7-3-4-9(14-2)8(13)5-7/h3-6,10,12-13H,11H2,1-2H3/t6?,10-/m1/s1. The molecule has 0 aromatic heterocycles. The van der Waals surface area contributed by atoms with Gasteiger partial charge in [-0.1, -0.05) is 6.07 Å². The van der Waals surface area contributed by atoms with E-state index in [9.17, 15) is 10.2 Å². The van der Waals surface area contributed by atoms with Crippen LogP contribution >= 0.6 is 0 Å². The predicted octanol–water partition coefficient (Wildman–Crippen LogP) is 0.781. The Morgan fingerprint density at radius 3 is 2.50 bits per heavy atom. The van der Waals surface area contributed by atoms with Gasteiger partial charge in [-0.05, 0) is 24.6 Å². The molecule has 0 radical (unpaired) electrons. The molecular weight excluding hydrogens is 182 g/mol. The Morgan fingerprint density at radius 1 is 1.43 bits per heavy atom. The van der Waals surface area contributed by atoms with Gasteiger partial charge in [-0.3, -0.25) is 0 Å². The fourth-order valence-corrected chi connectivity index (χ4v) is 1.19. The van der Waals surface area contributed by atoms with Crippen molar-refractivity contribution >= 4 is 0 Å². The molecular formula is C10H15NO3. The van der Waals surface area contributed by atoms with Gasteiger partial charge in [-0.25, -0.2) is 0 Å². The third kappa shape index (κ3) is 2.16. The minimum Gasteiger partial charge on any atom is -0.504 e. The highest BCUT2D eigenvalue weighted by molar-refractivity contribution is 5.42. The van der Waals surface area contributed by atoms with Crippen LogP contribution in [-0.4, -0.2) is 23.4 Å². The minimum absolute atomic E-state index is 0.0288. The SMILES string of the molecule is COc1ccc([C@H](N)C(C)O)cc1O. The van der Waals surface area contributed by atoms with Crippen LogP contribution in [0.4, 0.5) is 0 Å². The summed E-state index contributed by atoms with van der Waals surface area (Å²) in [6.07, 6.45) is -0.650. The molecule has 1 aromatic carbocycles. The molecule has 1 rings (SSSR count). The topological polar surface area (TPSA) is 75.7 Å². The molecule has 14 heavy (non-hydrogen) atoms. The van der Waals surface area contributed by atoms with E-state index in [2.05, 4.69) is 0 Å². The molecule has 0 fully saturated rings. The highest BCUT2D eigenvalue weighted by Gasteiger charge is 2.13. The molecule has 0 saturated heterocycles. The molecule has 0 spiro atoms. The summed E-state index contributed by atoms with van der Waals surface area (Å²) in [5, 5.41) is 18.7. The van der Waals surface area contributed by atoms with Crippen LogP contribution in [0.15, 0.2) is 18.2 Å². The van der Waals surface area contributed by atoms with Crippen molar-refractivity contribution in [1.29, 1.82) is 0 Å². The molecule has 0 amide bonds. The lowest BCUT2D eigenvalue weighted by Crippen LogP contribution is -2.22. The van der Waals surface area contributed by atoms with Crippen molar-refractivity contribution in [2.75, 3.05) is 7.11 Å². The number of aliphatic hydroxyl groups excluding tert-OH is 1. The fourth-order valence-electron chi connectivity index (χ4n) is 1.19. The summed E-state index contributed by atoms with van der Waals surface area (Å²) < 4.78 is 4.89. The predicted molar refractivity (Wildman–Crippen MR) is 53.3 cm³/mol. The van der Waals surface area contributed by atoms with Crippen molar-refractivity contribution in [2.45, 2.75) is 19.1 Å². The van der Waals surface area contributed by atoms with Gasteiger partial charge in [0.25, 0.3) is 0 Å². The lowest BCUT2D eigenvalue weighted by molar-refractivity contribution is 0.164. The third-order valence-electron chi connectivity index (χ3n) is 2.11. The van der Waals surface area contributed by atoms with E-state index in [1.165, 1.54) is 13.2 Å². The molecule has 0 aliphatic carbocycles. The van der Waals surface area contributed by atoms with Gasteiger partial charge in [0.1, 0.15) is 0 Å². The number of hydrogen-bond acceptors (Lipinski definition) is 4.